The van der Waals surface area contributed by atoms with Crippen molar-refractivity contribution in [2.75, 3.05) is 27.3 Å². The first-order valence-corrected chi connectivity index (χ1v) is 8.45. The Balaban J connectivity index is 1.83. The topological polar surface area (TPSA) is 54.5 Å². The Morgan fingerprint density at radius 2 is 2.29 bits per heavy atom. The molecule has 0 bridgehead atoms. The van der Waals surface area contributed by atoms with Gasteiger partial charge in [-0.1, -0.05) is 12.1 Å². The lowest BCUT2D eigenvalue weighted by Crippen LogP contribution is -2.49. The maximum Gasteiger partial charge on any atom is 0.221 e. The second kappa shape index (κ2) is 7.28. The zero-order chi connectivity index (χ0) is 17.0. The predicted molar refractivity (Wildman–Crippen MR) is 94.7 cm³/mol. The molecule has 1 N–H and O–H groups in total. The van der Waals surface area contributed by atoms with E-state index in [-0.39, 0.29) is 11.4 Å². The largest absolute Gasteiger partial charge is 0.383 e. The van der Waals surface area contributed by atoms with Crippen LogP contribution in [0.3, 0.4) is 0 Å². The van der Waals surface area contributed by atoms with Gasteiger partial charge < -0.3 is 10.1 Å². The normalized spacial score (nSPS) is 21.2. The van der Waals surface area contributed by atoms with E-state index in [1.807, 2.05) is 12.3 Å². The van der Waals surface area contributed by atoms with Crippen molar-refractivity contribution in [3.63, 3.8) is 0 Å². The molecule has 1 atom stereocenters. The van der Waals surface area contributed by atoms with Crippen molar-refractivity contribution in [1.82, 2.24) is 15.2 Å². The fourth-order valence-electron chi connectivity index (χ4n) is 3.76. The fraction of sp³-hybridized carbons (Fsp3) is 0.474. The number of pyridine rings is 1. The van der Waals surface area contributed by atoms with Crippen LogP contribution >= 0.6 is 0 Å². The average molecular weight is 327 g/mol. The third kappa shape index (κ3) is 3.42. The zero-order valence-electron chi connectivity index (χ0n) is 14.4. The molecule has 0 spiro atoms. The molecule has 1 aliphatic rings. The van der Waals surface area contributed by atoms with E-state index in [2.05, 4.69) is 39.5 Å². The van der Waals surface area contributed by atoms with Crippen LogP contribution in [-0.4, -0.2) is 48.6 Å². The van der Waals surface area contributed by atoms with Crippen LogP contribution in [0.5, 0.6) is 0 Å². The molecule has 0 unspecified atom stereocenters. The maximum atomic E-state index is 12.0. The van der Waals surface area contributed by atoms with E-state index in [4.69, 9.17) is 4.74 Å². The van der Waals surface area contributed by atoms with Crippen molar-refractivity contribution in [3.8, 4) is 0 Å². The zero-order valence-corrected chi connectivity index (χ0v) is 14.4. The molecular formula is C19H25N3O2. The Kier molecular flexibility index (Phi) is 5.11. The fourth-order valence-corrected chi connectivity index (χ4v) is 3.76. The molecule has 0 saturated carbocycles. The summed E-state index contributed by atoms with van der Waals surface area (Å²) in [5.74, 6) is 0.0710. The summed E-state index contributed by atoms with van der Waals surface area (Å²) in [7, 11) is 3.41. The van der Waals surface area contributed by atoms with Gasteiger partial charge in [-0.25, -0.2) is 0 Å². The number of likely N-dealkylation sites (tertiary alicyclic amines) is 1. The lowest BCUT2D eigenvalue weighted by Gasteiger charge is -2.37. The Hall–Kier alpha value is -1.98. The number of carbonyl (C=O) groups is 1. The number of carbonyl (C=O) groups excluding carboxylic acids is 1. The Morgan fingerprint density at radius 3 is 3.08 bits per heavy atom. The van der Waals surface area contributed by atoms with E-state index in [0.717, 1.165) is 36.8 Å². The molecular weight excluding hydrogens is 302 g/mol. The molecule has 0 aliphatic carbocycles. The number of hydrogen-bond donors (Lipinski definition) is 1. The highest BCUT2D eigenvalue weighted by Gasteiger charge is 2.42. The number of amides is 1. The van der Waals surface area contributed by atoms with Crippen LogP contribution in [0.2, 0.25) is 0 Å². The minimum atomic E-state index is -0.210. The van der Waals surface area contributed by atoms with E-state index in [9.17, 15) is 4.79 Å². The van der Waals surface area contributed by atoms with Gasteiger partial charge in [0.15, 0.2) is 0 Å². The van der Waals surface area contributed by atoms with Crippen LogP contribution in [0.25, 0.3) is 10.9 Å². The van der Waals surface area contributed by atoms with Gasteiger partial charge in [-0.15, -0.1) is 0 Å². The standard InChI is InChI=1S/C19H25N3O2/c1-20-18(23)12-19(14-24-2)8-4-10-22(19)13-15-6-7-17-16(11-15)5-3-9-21-17/h3,5-7,9,11H,4,8,10,12-14H2,1-2H3,(H,20,23)/t19-/m1/s1. The van der Waals surface area contributed by atoms with E-state index in [1.165, 1.54) is 5.56 Å². The number of fused-ring (bicyclic) bond motifs is 1. The van der Waals surface area contributed by atoms with E-state index < -0.39 is 0 Å². The minimum absolute atomic E-state index is 0.0710. The third-order valence-electron chi connectivity index (χ3n) is 4.96. The highest BCUT2D eigenvalue weighted by Crippen LogP contribution is 2.34. The third-order valence-corrected chi connectivity index (χ3v) is 4.96. The summed E-state index contributed by atoms with van der Waals surface area (Å²) in [4.78, 5) is 18.8. The molecule has 1 aromatic heterocycles. The molecule has 2 aromatic rings. The summed E-state index contributed by atoms with van der Waals surface area (Å²) < 4.78 is 5.48. The van der Waals surface area contributed by atoms with Crippen molar-refractivity contribution in [1.29, 1.82) is 0 Å². The summed E-state index contributed by atoms with van der Waals surface area (Å²) in [6.45, 7) is 2.40. The van der Waals surface area contributed by atoms with Crippen molar-refractivity contribution >= 4 is 16.8 Å². The molecule has 5 nitrogen and oxygen atoms in total. The molecule has 1 fully saturated rings. The van der Waals surface area contributed by atoms with Crippen molar-refractivity contribution in [2.45, 2.75) is 31.3 Å². The first kappa shape index (κ1) is 16.9. The maximum absolute atomic E-state index is 12.0. The van der Waals surface area contributed by atoms with Crippen LogP contribution in [0.15, 0.2) is 36.5 Å². The van der Waals surface area contributed by atoms with Crippen LogP contribution in [0.4, 0.5) is 0 Å². The van der Waals surface area contributed by atoms with Crippen molar-refractivity contribution in [3.05, 3.63) is 42.1 Å². The van der Waals surface area contributed by atoms with E-state index >= 15 is 0 Å². The van der Waals surface area contributed by atoms with Gasteiger partial charge in [-0.3, -0.25) is 14.7 Å². The lowest BCUT2D eigenvalue weighted by molar-refractivity contribution is -0.124. The second-order valence-electron chi connectivity index (χ2n) is 6.56. The molecule has 1 saturated heterocycles. The smallest absolute Gasteiger partial charge is 0.221 e. The van der Waals surface area contributed by atoms with Gasteiger partial charge in [-0.2, -0.15) is 0 Å². The minimum Gasteiger partial charge on any atom is -0.383 e. The number of benzene rings is 1. The number of rotatable bonds is 6. The molecule has 1 aromatic carbocycles. The van der Waals surface area contributed by atoms with Gasteiger partial charge in [0, 0.05) is 38.7 Å². The molecule has 128 valence electrons. The van der Waals surface area contributed by atoms with E-state index in [0.29, 0.717) is 13.0 Å². The SMILES string of the molecule is CNC(=O)C[C@@]1(COC)CCCN1Cc1ccc2ncccc2c1. The van der Waals surface area contributed by atoms with Gasteiger partial charge in [-0.05, 0) is 43.1 Å². The van der Waals surface area contributed by atoms with Gasteiger partial charge in [0.05, 0.1) is 17.7 Å². The Bertz CT molecular complexity index is 719. The highest BCUT2D eigenvalue weighted by molar-refractivity contribution is 5.79. The lowest BCUT2D eigenvalue weighted by atomic mass is 9.92. The van der Waals surface area contributed by atoms with Crippen LogP contribution in [-0.2, 0) is 16.1 Å². The highest BCUT2D eigenvalue weighted by atomic mass is 16.5. The number of nitrogens with one attached hydrogen (secondary N) is 1. The van der Waals surface area contributed by atoms with Crippen LogP contribution in [0, 0.1) is 0 Å². The first-order chi connectivity index (χ1) is 11.7. The molecule has 1 amide bonds. The quantitative estimate of drug-likeness (QED) is 0.885. The monoisotopic (exact) mass is 327 g/mol. The number of hydrogen-bond acceptors (Lipinski definition) is 4. The average Bonchev–Trinajstić information content (AvgIpc) is 2.97. The summed E-state index contributed by atoms with van der Waals surface area (Å²) >= 11 is 0. The molecule has 5 heteroatoms. The number of aromatic nitrogens is 1. The number of nitrogens with zero attached hydrogens (tertiary/aromatic N) is 2. The second-order valence-corrected chi connectivity index (χ2v) is 6.56. The summed E-state index contributed by atoms with van der Waals surface area (Å²) in [6, 6.07) is 10.4. The van der Waals surface area contributed by atoms with Crippen molar-refractivity contribution < 1.29 is 9.53 Å². The van der Waals surface area contributed by atoms with Crippen LogP contribution < -0.4 is 5.32 Å². The molecule has 24 heavy (non-hydrogen) atoms. The Morgan fingerprint density at radius 1 is 1.42 bits per heavy atom. The van der Waals surface area contributed by atoms with Crippen LogP contribution in [0.1, 0.15) is 24.8 Å². The molecule has 2 heterocycles. The summed E-state index contributed by atoms with van der Waals surface area (Å²) in [5.41, 5.74) is 2.05. The van der Waals surface area contributed by atoms with Gasteiger partial charge in [0.25, 0.3) is 0 Å². The molecule has 0 radical (unpaired) electrons. The predicted octanol–water partition coefficient (Wildman–Crippen LogP) is 2.35. The molecule has 1 aliphatic heterocycles. The van der Waals surface area contributed by atoms with Gasteiger partial charge in [0.1, 0.15) is 0 Å². The molecule has 3 rings (SSSR count). The van der Waals surface area contributed by atoms with E-state index in [1.54, 1.807) is 14.2 Å². The van der Waals surface area contributed by atoms with Gasteiger partial charge >= 0.3 is 0 Å². The Labute approximate surface area is 143 Å². The van der Waals surface area contributed by atoms with Gasteiger partial charge in [0.2, 0.25) is 5.91 Å². The van der Waals surface area contributed by atoms with Crippen molar-refractivity contribution in [2.24, 2.45) is 0 Å². The first-order valence-electron chi connectivity index (χ1n) is 8.45. The number of ether oxygens (including phenoxy) is 1. The number of methoxy groups -OCH3 is 1. The summed E-state index contributed by atoms with van der Waals surface area (Å²) in [6.07, 6.45) is 4.38. The summed E-state index contributed by atoms with van der Waals surface area (Å²) in [5, 5.41) is 3.91.